The predicted molar refractivity (Wildman–Crippen MR) is 81.1 cm³/mol. The van der Waals surface area contributed by atoms with E-state index in [9.17, 15) is 14.9 Å². The second kappa shape index (κ2) is 6.68. The van der Waals surface area contributed by atoms with E-state index in [-0.39, 0.29) is 22.8 Å². The van der Waals surface area contributed by atoms with Gasteiger partial charge in [-0.2, -0.15) is 0 Å². The molecule has 0 radical (unpaired) electrons. The molecule has 2 aromatic rings. The zero-order valence-corrected chi connectivity index (χ0v) is 11.9. The third-order valence-electron chi connectivity index (χ3n) is 2.60. The number of nitrogens with zero attached hydrogens (tertiary/aromatic N) is 2. The van der Waals surface area contributed by atoms with Crippen LogP contribution in [0.1, 0.15) is 10.4 Å². The minimum Gasteiger partial charge on any atom is -0.466 e. The van der Waals surface area contributed by atoms with Gasteiger partial charge in [-0.05, 0) is 18.2 Å². The molecule has 0 atom stereocenters. The lowest BCUT2D eigenvalue weighted by Crippen LogP contribution is -2.14. The predicted octanol–water partition coefficient (Wildman–Crippen LogP) is 3.42. The largest absolute Gasteiger partial charge is 0.466 e. The fourth-order valence-electron chi connectivity index (χ4n) is 1.66. The summed E-state index contributed by atoms with van der Waals surface area (Å²) in [5, 5.41) is 13.9. The van der Waals surface area contributed by atoms with E-state index in [0.717, 1.165) is 6.26 Å². The van der Waals surface area contributed by atoms with Crippen LogP contribution in [0.5, 0.6) is 5.75 Å². The molecule has 1 aromatic carbocycles. The zero-order chi connectivity index (χ0) is 16.1. The summed E-state index contributed by atoms with van der Waals surface area (Å²) in [7, 11) is 0. The first kappa shape index (κ1) is 15.5. The standard InChI is InChI=1S/C14H10ClN3O4/c1-2-22-10-4-5-12(18(20)21)11(7-10)14(19)17-13-6-3-9(15)8-16-13/h2-8H,1H2,(H,16,17,19). The molecular formula is C14H10ClN3O4. The molecule has 7 nitrogen and oxygen atoms in total. The first-order valence-electron chi connectivity index (χ1n) is 6.00. The lowest BCUT2D eigenvalue weighted by atomic mass is 10.1. The molecule has 0 aliphatic rings. The number of benzene rings is 1. The Morgan fingerprint density at radius 2 is 2.18 bits per heavy atom. The topological polar surface area (TPSA) is 94.4 Å². The molecule has 0 aliphatic heterocycles. The number of amides is 1. The summed E-state index contributed by atoms with van der Waals surface area (Å²) in [6, 6.07) is 6.83. The lowest BCUT2D eigenvalue weighted by Gasteiger charge is -2.07. The van der Waals surface area contributed by atoms with Gasteiger partial charge < -0.3 is 10.1 Å². The molecular weight excluding hydrogens is 310 g/mol. The fraction of sp³-hybridized carbons (Fsp3) is 0. The number of nitrogens with one attached hydrogen (secondary N) is 1. The number of carbonyl (C=O) groups is 1. The number of pyridine rings is 1. The van der Waals surface area contributed by atoms with Gasteiger partial charge in [0.2, 0.25) is 0 Å². The van der Waals surface area contributed by atoms with Crippen molar-refractivity contribution < 1.29 is 14.5 Å². The van der Waals surface area contributed by atoms with Gasteiger partial charge in [0.15, 0.2) is 0 Å². The van der Waals surface area contributed by atoms with Gasteiger partial charge in [0.05, 0.1) is 16.2 Å². The molecule has 1 aromatic heterocycles. The summed E-state index contributed by atoms with van der Waals surface area (Å²) >= 11 is 5.70. The molecule has 1 amide bonds. The SMILES string of the molecule is C=COc1ccc([N+](=O)[O-])c(C(=O)Nc2ccc(Cl)cn2)c1. The quantitative estimate of drug-likeness (QED) is 0.517. The molecule has 0 fully saturated rings. The number of nitro benzene ring substituents is 1. The van der Waals surface area contributed by atoms with Crippen molar-refractivity contribution in [2.75, 3.05) is 5.32 Å². The Labute approximate surface area is 130 Å². The maximum atomic E-state index is 12.2. The maximum absolute atomic E-state index is 12.2. The number of rotatable bonds is 5. The second-order valence-electron chi connectivity index (χ2n) is 4.04. The molecule has 8 heteroatoms. The molecule has 112 valence electrons. The molecule has 0 spiro atoms. The summed E-state index contributed by atoms with van der Waals surface area (Å²) in [5.74, 6) is -0.204. The highest BCUT2D eigenvalue weighted by Crippen LogP contribution is 2.25. The van der Waals surface area contributed by atoms with Crippen LogP contribution in [-0.4, -0.2) is 15.8 Å². The second-order valence-corrected chi connectivity index (χ2v) is 4.47. The van der Waals surface area contributed by atoms with E-state index >= 15 is 0 Å². The van der Waals surface area contributed by atoms with Crippen molar-refractivity contribution in [3.63, 3.8) is 0 Å². The Bertz CT molecular complexity index is 731. The van der Waals surface area contributed by atoms with Crippen molar-refractivity contribution in [1.82, 2.24) is 4.98 Å². The number of hydrogen-bond donors (Lipinski definition) is 1. The molecule has 1 N–H and O–H groups in total. The van der Waals surface area contributed by atoms with E-state index in [4.69, 9.17) is 16.3 Å². The van der Waals surface area contributed by atoms with Crippen LogP contribution in [0.15, 0.2) is 49.4 Å². The average molecular weight is 320 g/mol. The maximum Gasteiger partial charge on any atom is 0.282 e. The zero-order valence-electron chi connectivity index (χ0n) is 11.2. The number of ether oxygens (including phenoxy) is 1. The highest BCUT2D eigenvalue weighted by Gasteiger charge is 2.21. The van der Waals surface area contributed by atoms with E-state index < -0.39 is 10.8 Å². The number of hydrogen-bond acceptors (Lipinski definition) is 5. The molecule has 0 saturated carbocycles. The van der Waals surface area contributed by atoms with Gasteiger partial charge in [0, 0.05) is 18.3 Å². The van der Waals surface area contributed by atoms with Gasteiger partial charge in [-0.3, -0.25) is 14.9 Å². The van der Waals surface area contributed by atoms with Crippen LogP contribution in [-0.2, 0) is 0 Å². The van der Waals surface area contributed by atoms with E-state index in [1.54, 1.807) is 0 Å². The smallest absolute Gasteiger partial charge is 0.282 e. The van der Waals surface area contributed by atoms with E-state index in [0.29, 0.717) is 5.02 Å². The summed E-state index contributed by atoms with van der Waals surface area (Å²) in [4.78, 5) is 26.5. The van der Waals surface area contributed by atoms with Crippen molar-refractivity contribution in [2.24, 2.45) is 0 Å². The van der Waals surface area contributed by atoms with Crippen LogP contribution in [0.25, 0.3) is 0 Å². The van der Waals surface area contributed by atoms with Crippen molar-refractivity contribution in [1.29, 1.82) is 0 Å². The minimum atomic E-state index is -0.684. The molecule has 2 rings (SSSR count). The fourth-order valence-corrected chi connectivity index (χ4v) is 1.77. The first-order valence-corrected chi connectivity index (χ1v) is 6.38. The molecule has 0 unspecified atom stereocenters. The highest BCUT2D eigenvalue weighted by atomic mass is 35.5. The Kier molecular flexibility index (Phi) is 4.70. The molecule has 0 bridgehead atoms. The van der Waals surface area contributed by atoms with Gasteiger partial charge in [-0.15, -0.1) is 0 Å². The van der Waals surface area contributed by atoms with Crippen molar-refractivity contribution in [3.05, 3.63) is 70.1 Å². The van der Waals surface area contributed by atoms with Crippen LogP contribution in [0.3, 0.4) is 0 Å². The summed E-state index contributed by atoms with van der Waals surface area (Å²) in [6.45, 7) is 3.38. The number of carbonyl (C=O) groups excluding carboxylic acids is 1. The van der Waals surface area contributed by atoms with Gasteiger partial charge in [-0.25, -0.2) is 4.98 Å². The molecule has 0 saturated heterocycles. The molecule has 0 aliphatic carbocycles. The number of anilines is 1. The van der Waals surface area contributed by atoms with Crippen molar-refractivity contribution in [2.45, 2.75) is 0 Å². The van der Waals surface area contributed by atoms with E-state index in [1.807, 2.05) is 0 Å². The summed E-state index contributed by atoms with van der Waals surface area (Å²) in [5.41, 5.74) is -0.496. The Morgan fingerprint density at radius 3 is 2.77 bits per heavy atom. The average Bonchev–Trinajstić information content (AvgIpc) is 2.49. The van der Waals surface area contributed by atoms with Gasteiger partial charge in [-0.1, -0.05) is 18.2 Å². The van der Waals surface area contributed by atoms with Crippen LogP contribution in [0.4, 0.5) is 11.5 Å². The third kappa shape index (κ3) is 3.58. The normalized spacial score (nSPS) is 9.86. The van der Waals surface area contributed by atoms with Gasteiger partial charge >= 0.3 is 0 Å². The van der Waals surface area contributed by atoms with Crippen LogP contribution >= 0.6 is 11.6 Å². The van der Waals surface area contributed by atoms with Crippen LogP contribution < -0.4 is 10.1 Å². The summed E-state index contributed by atoms with van der Waals surface area (Å²) < 4.78 is 5.03. The van der Waals surface area contributed by atoms with Crippen molar-refractivity contribution in [3.8, 4) is 5.75 Å². The van der Waals surface area contributed by atoms with Gasteiger partial charge in [0.25, 0.3) is 11.6 Å². The number of nitro groups is 1. The minimum absolute atomic E-state index is 0.152. The number of aromatic nitrogens is 1. The lowest BCUT2D eigenvalue weighted by molar-refractivity contribution is -0.385. The van der Waals surface area contributed by atoms with Gasteiger partial charge in [0.1, 0.15) is 17.1 Å². The molecule has 1 heterocycles. The van der Waals surface area contributed by atoms with Crippen LogP contribution in [0, 0.1) is 10.1 Å². The summed E-state index contributed by atoms with van der Waals surface area (Å²) in [6.07, 6.45) is 2.51. The van der Waals surface area contributed by atoms with Crippen molar-refractivity contribution >= 4 is 29.0 Å². The third-order valence-corrected chi connectivity index (χ3v) is 2.82. The first-order chi connectivity index (χ1) is 10.5. The Morgan fingerprint density at radius 1 is 1.41 bits per heavy atom. The Balaban J connectivity index is 2.33. The van der Waals surface area contributed by atoms with E-state index in [2.05, 4.69) is 16.9 Å². The highest BCUT2D eigenvalue weighted by molar-refractivity contribution is 6.30. The Hall–Kier alpha value is -2.93. The van der Waals surface area contributed by atoms with Crippen LogP contribution in [0.2, 0.25) is 5.02 Å². The van der Waals surface area contributed by atoms with E-state index in [1.165, 1.54) is 36.5 Å². The molecule has 22 heavy (non-hydrogen) atoms. The number of halogens is 1. The monoisotopic (exact) mass is 319 g/mol.